The standard InChI is InChI=1S/C10H13F2N/c1-13-7-10(12)6-8-3-2-4-9(11)5-8/h2-5,10,13H,6-7H2,1H3/t10-/m1/s1. The van der Waals surface area contributed by atoms with Crippen molar-refractivity contribution in [3.05, 3.63) is 35.6 Å². The first-order chi connectivity index (χ1) is 6.22. The first-order valence-corrected chi connectivity index (χ1v) is 4.25. The summed E-state index contributed by atoms with van der Waals surface area (Å²) in [5, 5.41) is 2.73. The number of halogens is 2. The minimum absolute atomic E-state index is 0.262. The summed E-state index contributed by atoms with van der Waals surface area (Å²) in [6.45, 7) is 0.302. The number of nitrogens with one attached hydrogen (secondary N) is 1. The van der Waals surface area contributed by atoms with E-state index in [4.69, 9.17) is 0 Å². The second kappa shape index (κ2) is 4.92. The van der Waals surface area contributed by atoms with Gasteiger partial charge < -0.3 is 5.32 Å². The Kier molecular flexibility index (Phi) is 3.83. The van der Waals surface area contributed by atoms with E-state index >= 15 is 0 Å². The Hall–Kier alpha value is -0.960. The van der Waals surface area contributed by atoms with Crippen molar-refractivity contribution in [1.82, 2.24) is 5.32 Å². The molecule has 72 valence electrons. The number of hydrogen-bond acceptors (Lipinski definition) is 1. The van der Waals surface area contributed by atoms with Crippen LogP contribution in [0.1, 0.15) is 5.56 Å². The lowest BCUT2D eigenvalue weighted by molar-refractivity contribution is 0.324. The summed E-state index contributed by atoms with van der Waals surface area (Å²) in [6, 6.07) is 6.04. The maximum atomic E-state index is 13.0. The minimum Gasteiger partial charge on any atom is -0.317 e. The summed E-state index contributed by atoms with van der Waals surface area (Å²) in [5.74, 6) is -0.311. The van der Waals surface area contributed by atoms with Crippen molar-refractivity contribution in [2.45, 2.75) is 12.6 Å². The quantitative estimate of drug-likeness (QED) is 0.755. The highest BCUT2D eigenvalue weighted by atomic mass is 19.1. The van der Waals surface area contributed by atoms with Crippen LogP contribution < -0.4 is 5.32 Å². The zero-order chi connectivity index (χ0) is 9.68. The van der Waals surface area contributed by atoms with Crippen LogP contribution in [0.5, 0.6) is 0 Å². The topological polar surface area (TPSA) is 12.0 Å². The SMILES string of the molecule is CNC[C@H](F)Cc1cccc(F)c1. The lowest BCUT2D eigenvalue weighted by Crippen LogP contribution is -2.21. The molecule has 1 aromatic carbocycles. The summed E-state index contributed by atoms with van der Waals surface area (Å²) >= 11 is 0. The molecule has 0 aromatic heterocycles. The fraction of sp³-hybridized carbons (Fsp3) is 0.400. The Morgan fingerprint density at radius 3 is 2.85 bits per heavy atom. The molecule has 0 aliphatic carbocycles. The van der Waals surface area contributed by atoms with E-state index in [0.29, 0.717) is 12.1 Å². The smallest absolute Gasteiger partial charge is 0.123 e. The van der Waals surface area contributed by atoms with E-state index in [-0.39, 0.29) is 12.2 Å². The van der Waals surface area contributed by atoms with Gasteiger partial charge in [0, 0.05) is 13.0 Å². The average Bonchev–Trinajstić information content (AvgIpc) is 2.04. The molecule has 1 rings (SSSR count). The normalized spacial score (nSPS) is 12.8. The highest BCUT2D eigenvalue weighted by Crippen LogP contribution is 2.07. The van der Waals surface area contributed by atoms with Crippen LogP contribution in [0.25, 0.3) is 0 Å². The highest BCUT2D eigenvalue weighted by molar-refractivity contribution is 5.17. The van der Waals surface area contributed by atoms with E-state index < -0.39 is 6.17 Å². The van der Waals surface area contributed by atoms with Gasteiger partial charge in [-0.1, -0.05) is 12.1 Å². The van der Waals surface area contributed by atoms with Crippen molar-refractivity contribution in [3.63, 3.8) is 0 Å². The van der Waals surface area contributed by atoms with Crippen molar-refractivity contribution in [1.29, 1.82) is 0 Å². The Balaban J connectivity index is 2.53. The summed E-state index contributed by atoms with van der Waals surface area (Å²) < 4.78 is 25.7. The third-order valence-electron chi connectivity index (χ3n) is 1.77. The fourth-order valence-electron chi connectivity index (χ4n) is 1.21. The molecule has 3 heteroatoms. The maximum Gasteiger partial charge on any atom is 0.123 e. The molecule has 0 unspecified atom stereocenters. The zero-order valence-corrected chi connectivity index (χ0v) is 7.56. The van der Waals surface area contributed by atoms with Crippen LogP contribution in [0.2, 0.25) is 0 Å². The predicted molar refractivity (Wildman–Crippen MR) is 48.9 cm³/mol. The molecule has 0 saturated carbocycles. The third-order valence-corrected chi connectivity index (χ3v) is 1.77. The van der Waals surface area contributed by atoms with Crippen LogP contribution in [0.15, 0.2) is 24.3 Å². The van der Waals surface area contributed by atoms with E-state index in [1.165, 1.54) is 12.1 Å². The van der Waals surface area contributed by atoms with E-state index in [0.717, 1.165) is 0 Å². The second-order valence-corrected chi connectivity index (χ2v) is 2.99. The van der Waals surface area contributed by atoms with Gasteiger partial charge in [-0.05, 0) is 24.7 Å². The Bertz CT molecular complexity index is 263. The van der Waals surface area contributed by atoms with Crippen molar-refractivity contribution < 1.29 is 8.78 Å². The molecule has 1 nitrogen and oxygen atoms in total. The van der Waals surface area contributed by atoms with Crippen LogP contribution in [-0.4, -0.2) is 19.8 Å². The van der Waals surface area contributed by atoms with Crippen molar-refractivity contribution in [2.24, 2.45) is 0 Å². The van der Waals surface area contributed by atoms with Gasteiger partial charge in [0.2, 0.25) is 0 Å². The number of alkyl halides is 1. The molecule has 13 heavy (non-hydrogen) atoms. The average molecular weight is 185 g/mol. The van der Waals surface area contributed by atoms with Gasteiger partial charge in [0.1, 0.15) is 12.0 Å². The van der Waals surface area contributed by atoms with E-state index in [1.54, 1.807) is 19.2 Å². The zero-order valence-electron chi connectivity index (χ0n) is 7.56. The van der Waals surface area contributed by atoms with Gasteiger partial charge in [0.15, 0.2) is 0 Å². The van der Waals surface area contributed by atoms with Gasteiger partial charge >= 0.3 is 0 Å². The lowest BCUT2D eigenvalue weighted by atomic mass is 10.1. The van der Waals surface area contributed by atoms with Crippen LogP contribution in [0.3, 0.4) is 0 Å². The largest absolute Gasteiger partial charge is 0.317 e. The monoisotopic (exact) mass is 185 g/mol. The molecule has 0 bridgehead atoms. The molecule has 0 aliphatic rings. The molecule has 0 saturated heterocycles. The summed E-state index contributed by atoms with van der Waals surface area (Å²) in [5.41, 5.74) is 0.697. The molecular weight excluding hydrogens is 172 g/mol. The fourth-order valence-corrected chi connectivity index (χ4v) is 1.21. The van der Waals surface area contributed by atoms with Crippen LogP contribution in [0, 0.1) is 5.82 Å². The molecule has 0 heterocycles. The summed E-state index contributed by atoms with van der Waals surface area (Å²) in [7, 11) is 1.69. The maximum absolute atomic E-state index is 13.0. The molecule has 1 atom stereocenters. The molecule has 0 aliphatic heterocycles. The molecule has 0 spiro atoms. The Labute approximate surface area is 76.8 Å². The van der Waals surface area contributed by atoms with Crippen molar-refractivity contribution in [3.8, 4) is 0 Å². The van der Waals surface area contributed by atoms with Gasteiger partial charge in [-0.15, -0.1) is 0 Å². The minimum atomic E-state index is -0.952. The van der Waals surface area contributed by atoms with Crippen LogP contribution in [-0.2, 0) is 6.42 Å². The van der Waals surface area contributed by atoms with Gasteiger partial charge in [-0.2, -0.15) is 0 Å². The Morgan fingerprint density at radius 1 is 1.46 bits per heavy atom. The molecule has 0 fully saturated rings. The predicted octanol–water partition coefficient (Wildman–Crippen LogP) is 1.93. The molecule has 0 radical (unpaired) electrons. The first kappa shape index (κ1) is 10.1. The lowest BCUT2D eigenvalue weighted by Gasteiger charge is -2.06. The van der Waals surface area contributed by atoms with E-state index in [9.17, 15) is 8.78 Å². The number of benzene rings is 1. The summed E-state index contributed by atoms with van der Waals surface area (Å²) in [4.78, 5) is 0. The van der Waals surface area contributed by atoms with Gasteiger partial charge in [-0.25, -0.2) is 8.78 Å². The van der Waals surface area contributed by atoms with Crippen LogP contribution >= 0.6 is 0 Å². The van der Waals surface area contributed by atoms with Gasteiger partial charge in [0.05, 0.1) is 0 Å². The van der Waals surface area contributed by atoms with Crippen molar-refractivity contribution in [2.75, 3.05) is 13.6 Å². The molecule has 1 N–H and O–H groups in total. The van der Waals surface area contributed by atoms with Crippen molar-refractivity contribution >= 4 is 0 Å². The third kappa shape index (κ3) is 3.51. The van der Waals surface area contributed by atoms with Gasteiger partial charge in [0.25, 0.3) is 0 Å². The highest BCUT2D eigenvalue weighted by Gasteiger charge is 2.06. The second-order valence-electron chi connectivity index (χ2n) is 2.99. The van der Waals surface area contributed by atoms with Gasteiger partial charge in [-0.3, -0.25) is 0 Å². The van der Waals surface area contributed by atoms with Crippen LogP contribution in [0.4, 0.5) is 8.78 Å². The number of hydrogen-bond donors (Lipinski definition) is 1. The summed E-state index contributed by atoms with van der Waals surface area (Å²) in [6.07, 6.45) is -0.690. The van der Waals surface area contributed by atoms with E-state index in [1.807, 2.05) is 0 Å². The van der Waals surface area contributed by atoms with E-state index in [2.05, 4.69) is 5.32 Å². The first-order valence-electron chi connectivity index (χ1n) is 4.25. The number of rotatable bonds is 4. The molecule has 1 aromatic rings. The molecule has 0 amide bonds. The Morgan fingerprint density at radius 2 is 2.23 bits per heavy atom. The molecular formula is C10H13F2N.